The van der Waals surface area contributed by atoms with E-state index in [1.165, 1.54) is 0 Å². The second-order valence-corrected chi connectivity index (χ2v) is 5.29. The average molecular weight is 359 g/mol. The van der Waals surface area contributed by atoms with E-state index in [1.807, 2.05) is 32.3 Å². The van der Waals surface area contributed by atoms with Crippen LogP contribution in [0, 0.1) is 0 Å². The monoisotopic (exact) mass is 357 g/mol. The standard InChI is InChI=1S/C12H13BrClN5O/c1-19(2)12-17-10(14)16-11(18-12)15-9-6-7(20-3)4-5-8(9)13/h4-6H,1-3H3,(H,15,16,17,18). The molecule has 0 spiro atoms. The van der Waals surface area contributed by atoms with Gasteiger partial charge in [0.05, 0.1) is 12.8 Å². The molecule has 0 unspecified atom stereocenters. The average Bonchev–Trinajstić information content (AvgIpc) is 2.40. The van der Waals surface area contributed by atoms with Crippen LogP contribution in [-0.4, -0.2) is 36.2 Å². The minimum atomic E-state index is 0.130. The van der Waals surface area contributed by atoms with E-state index in [0.29, 0.717) is 11.9 Å². The van der Waals surface area contributed by atoms with Crippen LogP contribution in [0.15, 0.2) is 22.7 Å². The van der Waals surface area contributed by atoms with E-state index >= 15 is 0 Å². The van der Waals surface area contributed by atoms with Gasteiger partial charge in [-0.25, -0.2) is 0 Å². The fourth-order valence-electron chi connectivity index (χ4n) is 1.44. The first-order valence-corrected chi connectivity index (χ1v) is 6.86. The molecule has 8 heteroatoms. The summed E-state index contributed by atoms with van der Waals surface area (Å²) in [6.07, 6.45) is 0. The zero-order valence-electron chi connectivity index (χ0n) is 11.2. The molecule has 0 aliphatic heterocycles. The Morgan fingerprint density at radius 3 is 2.65 bits per heavy atom. The minimum absolute atomic E-state index is 0.130. The van der Waals surface area contributed by atoms with Crippen LogP contribution in [-0.2, 0) is 0 Å². The number of halogens is 2. The first-order valence-electron chi connectivity index (χ1n) is 5.69. The van der Waals surface area contributed by atoms with Crippen LogP contribution in [0.4, 0.5) is 17.6 Å². The molecule has 1 heterocycles. The molecular weight excluding hydrogens is 346 g/mol. The third-order valence-electron chi connectivity index (χ3n) is 2.42. The van der Waals surface area contributed by atoms with Crippen molar-refractivity contribution >= 4 is 45.1 Å². The van der Waals surface area contributed by atoms with Crippen molar-refractivity contribution in [2.75, 3.05) is 31.4 Å². The summed E-state index contributed by atoms with van der Waals surface area (Å²) in [6.45, 7) is 0. The quantitative estimate of drug-likeness (QED) is 0.906. The van der Waals surface area contributed by atoms with Gasteiger partial charge in [0.1, 0.15) is 5.75 Å². The molecular formula is C12H13BrClN5O. The third-order valence-corrected chi connectivity index (χ3v) is 3.28. The predicted molar refractivity (Wildman–Crippen MR) is 83.1 cm³/mol. The number of nitrogens with zero attached hydrogens (tertiary/aromatic N) is 4. The highest BCUT2D eigenvalue weighted by Gasteiger charge is 2.09. The molecule has 6 nitrogen and oxygen atoms in total. The van der Waals surface area contributed by atoms with Gasteiger partial charge in [-0.1, -0.05) is 0 Å². The summed E-state index contributed by atoms with van der Waals surface area (Å²) in [7, 11) is 5.27. The van der Waals surface area contributed by atoms with Gasteiger partial charge in [-0.05, 0) is 39.7 Å². The van der Waals surface area contributed by atoms with Crippen molar-refractivity contribution < 1.29 is 4.74 Å². The van der Waals surface area contributed by atoms with E-state index in [9.17, 15) is 0 Å². The maximum Gasteiger partial charge on any atom is 0.233 e. The second kappa shape index (κ2) is 6.23. The lowest BCUT2D eigenvalue weighted by molar-refractivity contribution is 0.415. The largest absolute Gasteiger partial charge is 0.497 e. The van der Waals surface area contributed by atoms with Gasteiger partial charge in [-0.3, -0.25) is 0 Å². The summed E-state index contributed by atoms with van der Waals surface area (Å²) < 4.78 is 6.05. The van der Waals surface area contributed by atoms with Gasteiger partial charge in [0, 0.05) is 24.6 Å². The van der Waals surface area contributed by atoms with E-state index in [-0.39, 0.29) is 5.28 Å². The predicted octanol–water partition coefficient (Wildman–Crippen LogP) is 3.11. The Hall–Kier alpha value is -1.60. The minimum Gasteiger partial charge on any atom is -0.497 e. The number of hydrogen-bond donors (Lipinski definition) is 1. The van der Waals surface area contributed by atoms with Crippen molar-refractivity contribution in [1.29, 1.82) is 0 Å². The summed E-state index contributed by atoms with van der Waals surface area (Å²) in [6, 6.07) is 5.55. The molecule has 2 aromatic rings. The van der Waals surface area contributed by atoms with E-state index in [4.69, 9.17) is 16.3 Å². The van der Waals surface area contributed by atoms with Crippen LogP contribution in [0.5, 0.6) is 5.75 Å². The highest BCUT2D eigenvalue weighted by atomic mass is 79.9. The molecule has 0 radical (unpaired) electrons. The number of nitrogens with one attached hydrogen (secondary N) is 1. The van der Waals surface area contributed by atoms with Crippen molar-refractivity contribution in [2.45, 2.75) is 0 Å². The van der Waals surface area contributed by atoms with Gasteiger partial charge >= 0.3 is 0 Å². The normalized spacial score (nSPS) is 10.2. The van der Waals surface area contributed by atoms with Crippen molar-refractivity contribution in [1.82, 2.24) is 15.0 Å². The molecule has 2 rings (SSSR count). The Morgan fingerprint density at radius 1 is 1.25 bits per heavy atom. The maximum absolute atomic E-state index is 5.89. The van der Waals surface area contributed by atoms with Crippen molar-refractivity contribution in [3.8, 4) is 5.75 Å². The molecule has 0 saturated heterocycles. The Labute approximate surface area is 130 Å². The van der Waals surface area contributed by atoms with Gasteiger partial charge in [0.2, 0.25) is 17.2 Å². The first kappa shape index (κ1) is 14.8. The molecule has 1 N–H and O–H groups in total. The molecule has 20 heavy (non-hydrogen) atoms. The van der Waals surface area contributed by atoms with Gasteiger partial charge in [0.15, 0.2) is 0 Å². The Bertz CT molecular complexity index is 623. The molecule has 1 aromatic carbocycles. The van der Waals surface area contributed by atoms with Crippen LogP contribution in [0.2, 0.25) is 5.28 Å². The van der Waals surface area contributed by atoms with E-state index < -0.39 is 0 Å². The highest BCUT2D eigenvalue weighted by Crippen LogP contribution is 2.29. The van der Waals surface area contributed by atoms with Gasteiger partial charge in [-0.2, -0.15) is 15.0 Å². The Kier molecular flexibility index (Phi) is 4.61. The number of aromatic nitrogens is 3. The molecule has 0 fully saturated rings. The third kappa shape index (κ3) is 3.49. The molecule has 0 amide bonds. The SMILES string of the molecule is COc1ccc(Br)c(Nc2nc(Cl)nc(N(C)C)n2)c1. The number of methoxy groups -OCH3 is 1. The van der Waals surface area contributed by atoms with Gasteiger partial charge in [-0.15, -0.1) is 0 Å². The van der Waals surface area contributed by atoms with Crippen molar-refractivity contribution in [3.05, 3.63) is 28.0 Å². The van der Waals surface area contributed by atoms with Crippen LogP contribution in [0.25, 0.3) is 0 Å². The number of rotatable bonds is 4. The fraction of sp³-hybridized carbons (Fsp3) is 0.250. The molecule has 106 valence electrons. The number of benzene rings is 1. The number of hydrogen-bond acceptors (Lipinski definition) is 6. The fourth-order valence-corrected chi connectivity index (χ4v) is 1.94. The lowest BCUT2D eigenvalue weighted by Gasteiger charge is -2.13. The van der Waals surface area contributed by atoms with Gasteiger partial charge < -0.3 is 15.0 Å². The van der Waals surface area contributed by atoms with Crippen molar-refractivity contribution in [2.24, 2.45) is 0 Å². The molecule has 0 aliphatic rings. The molecule has 0 aliphatic carbocycles. The van der Waals surface area contributed by atoms with Crippen LogP contribution in [0.3, 0.4) is 0 Å². The summed E-state index contributed by atoms with van der Waals surface area (Å²) in [5.41, 5.74) is 0.774. The smallest absolute Gasteiger partial charge is 0.233 e. The summed E-state index contributed by atoms with van der Waals surface area (Å²) in [5, 5.41) is 3.21. The first-order chi connectivity index (χ1) is 9.49. The Morgan fingerprint density at radius 2 is 2.00 bits per heavy atom. The highest BCUT2D eigenvalue weighted by molar-refractivity contribution is 9.10. The summed E-state index contributed by atoms with van der Waals surface area (Å²) >= 11 is 9.34. The summed E-state index contributed by atoms with van der Waals surface area (Å²) in [5.74, 6) is 1.57. The summed E-state index contributed by atoms with van der Waals surface area (Å²) in [4.78, 5) is 14.1. The molecule has 0 bridgehead atoms. The van der Waals surface area contributed by atoms with Crippen LogP contribution >= 0.6 is 27.5 Å². The second-order valence-electron chi connectivity index (χ2n) is 4.09. The molecule has 0 saturated carbocycles. The Balaban J connectivity index is 2.34. The van der Waals surface area contributed by atoms with Crippen LogP contribution < -0.4 is 15.0 Å². The van der Waals surface area contributed by atoms with Gasteiger partial charge in [0.25, 0.3) is 0 Å². The van der Waals surface area contributed by atoms with Crippen LogP contribution in [0.1, 0.15) is 0 Å². The van der Waals surface area contributed by atoms with E-state index in [1.54, 1.807) is 12.0 Å². The van der Waals surface area contributed by atoms with Crippen molar-refractivity contribution in [3.63, 3.8) is 0 Å². The number of anilines is 3. The lowest BCUT2D eigenvalue weighted by atomic mass is 10.3. The molecule has 1 aromatic heterocycles. The van der Waals surface area contributed by atoms with E-state index in [0.717, 1.165) is 15.9 Å². The van der Waals surface area contributed by atoms with E-state index in [2.05, 4.69) is 36.2 Å². The zero-order valence-corrected chi connectivity index (χ0v) is 13.5. The number of ether oxygens (including phenoxy) is 1. The lowest BCUT2D eigenvalue weighted by Crippen LogP contribution is -2.14. The zero-order chi connectivity index (χ0) is 14.7. The topological polar surface area (TPSA) is 63.2 Å². The maximum atomic E-state index is 5.89. The molecule has 0 atom stereocenters.